The van der Waals surface area contributed by atoms with Gasteiger partial charge in [-0.05, 0) is 16.7 Å². The molecule has 4 rings (SSSR count). The Morgan fingerprint density at radius 2 is 1.43 bits per heavy atom. The van der Waals surface area contributed by atoms with E-state index in [-0.39, 0.29) is 69.4 Å². The van der Waals surface area contributed by atoms with Gasteiger partial charge in [-0.3, -0.25) is 0 Å². The van der Waals surface area contributed by atoms with E-state index in [1.807, 2.05) is 54.6 Å². The molecule has 0 aliphatic rings. The van der Waals surface area contributed by atoms with Crippen molar-refractivity contribution in [2.24, 2.45) is 5.16 Å². The molecule has 6 nitrogen and oxygen atoms in total. The molecule has 0 aliphatic carbocycles. The second kappa shape index (κ2) is 13.5. The summed E-state index contributed by atoms with van der Waals surface area (Å²) >= 11 is 4.50. The minimum atomic E-state index is -1.45. The Labute approximate surface area is 259 Å². The van der Waals surface area contributed by atoms with Crippen LogP contribution >= 0.6 is 27.3 Å². The number of hydrogen-bond donors (Lipinski definition) is 1. The smallest absolute Gasteiger partial charge is 0.543 e. The summed E-state index contributed by atoms with van der Waals surface area (Å²) in [7, 11) is 0. The van der Waals surface area contributed by atoms with Gasteiger partial charge in [0.1, 0.15) is 17.8 Å². The summed E-state index contributed by atoms with van der Waals surface area (Å²) in [5.74, 6) is -1.45. The van der Waals surface area contributed by atoms with E-state index >= 15 is 0 Å². The van der Waals surface area contributed by atoms with E-state index in [2.05, 4.69) is 67.8 Å². The van der Waals surface area contributed by atoms with Gasteiger partial charge in [-0.25, -0.2) is 4.98 Å². The Balaban J connectivity index is 0.00000342. The van der Waals surface area contributed by atoms with E-state index in [0.29, 0.717) is 10.5 Å². The zero-order valence-corrected chi connectivity index (χ0v) is 24.6. The number of halogens is 1. The average Bonchev–Trinajstić information content (AvgIpc) is 3.34. The van der Waals surface area contributed by atoms with Crippen molar-refractivity contribution in [2.45, 2.75) is 5.54 Å². The van der Waals surface area contributed by atoms with E-state index in [1.165, 1.54) is 11.3 Å². The van der Waals surface area contributed by atoms with Gasteiger partial charge in [0.2, 0.25) is 0 Å². The van der Waals surface area contributed by atoms with Crippen LogP contribution in [-0.2, 0) is 15.2 Å². The molecule has 35 heavy (non-hydrogen) atoms. The molecule has 0 saturated heterocycles. The number of thiazole rings is 1. The molecule has 0 saturated carbocycles. The van der Waals surface area contributed by atoms with Gasteiger partial charge in [-0.1, -0.05) is 112 Å². The molecule has 1 aromatic heterocycles. The Hall–Kier alpha value is -1.85. The number of carbonyl (C=O) groups excluding carboxylic acids is 1. The summed E-state index contributed by atoms with van der Waals surface area (Å²) in [4.78, 5) is 21.2. The first-order valence-electron chi connectivity index (χ1n) is 10.5. The van der Waals surface area contributed by atoms with E-state index in [4.69, 9.17) is 4.84 Å². The molecule has 0 aliphatic heterocycles. The zero-order valence-electron chi connectivity index (χ0n) is 19.1. The third-order valence-corrected chi connectivity index (χ3v) is 6.26. The zero-order chi connectivity index (χ0) is 23.8. The fraction of sp³-hybridized carbons (Fsp3) is 0.115. The predicted molar refractivity (Wildman–Crippen MR) is 136 cm³/mol. The number of carboxylic acid groups (broad SMARTS) is 1. The van der Waals surface area contributed by atoms with E-state index in [0.717, 1.165) is 16.7 Å². The maximum absolute atomic E-state index is 11.7. The second-order valence-corrected chi connectivity index (χ2v) is 8.91. The Kier molecular flexibility index (Phi) is 10.7. The number of aromatic nitrogens is 1. The Morgan fingerprint density at radius 3 is 1.86 bits per heavy atom. The molecule has 1 N–H and O–H groups in total. The van der Waals surface area contributed by atoms with Crippen LogP contribution in [0.4, 0.5) is 5.13 Å². The van der Waals surface area contributed by atoms with Gasteiger partial charge in [0.05, 0.1) is 5.97 Å². The molecular weight excluding hydrogens is 553 g/mol. The van der Waals surface area contributed by atoms with Gasteiger partial charge in [0.15, 0.2) is 10.8 Å². The maximum Gasteiger partial charge on any atom is 1.00 e. The number of nitrogens with zero attached hydrogens (tertiary/aromatic N) is 2. The fourth-order valence-electron chi connectivity index (χ4n) is 3.71. The fourth-order valence-corrected chi connectivity index (χ4v) is 4.61. The first-order chi connectivity index (χ1) is 16.6. The average molecular weight is 575 g/mol. The first-order valence-corrected chi connectivity index (χ1v) is 12.5. The number of hydrogen-bond acceptors (Lipinski definition) is 7. The van der Waals surface area contributed by atoms with Crippen molar-refractivity contribution < 1.29 is 66.1 Å². The summed E-state index contributed by atoms with van der Waals surface area (Å²) < 4.78 is 0. The minimum Gasteiger partial charge on any atom is -0.543 e. The molecule has 0 spiro atoms. The number of benzene rings is 3. The van der Waals surface area contributed by atoms with Crippen LogP contribution in [0.2, 0.25) is 0 Å². The maximum atomic E-state index is 11.7. The van der Waals surface area contributed by atoms with E-state index in [1.54, 1.807) is 5.38 Å². The van der Waals surface area contributed by atoms with Crippen molar-refractivity contribution in [1.29, 1.82) is 0 Å². The predicted octanol–water partition coefficient (Wildman–Crippen LogP) is 1.42. The molecular formula is C26H21BrKN3O3S. The Bertz CT molecular complexity index is 1160. The van der Waals surface area contributed by atoms with Crippen LogP contribution in [-0.4, -0.2) is 28.6 Å². The molecule has 9 heteroatoms. The van der Waals surface area contributed by atoms with Gasteiger partial charge in [0, 0.05) is 10.7 Å². The molecule has 0 amide bonds. The van der Waals surface area contributed by atoms with Gasteiger partial charge in [-0.2, -0.15) is 0 Å². The number of aliphatic carboxylic acids is 1. The third-order valence-electron chi connectivity index (χ3n) is 5.18. The number of anilines is 1. The molecule has 0 bridgehead atoms. The minimum absolute atomic E-state index is 0. The third kappa shape index (κ3) is 6.48. The number of rotatable bonds is 10. The molecule has 0 unspecified atom stereocenters. The van der Waals surface area contributed by atoms with Crippen molar-refractivity contribution in [2.75, 3.05) is 17.3 Å². The summed E-state index contributed by atoms with van der Waals surface area (Å²) in [6, 6.07) is 30.2. The van der Waals surface area contributed by atoms with Crippen molar-refractivity contribution in [3.05, 3.63) is 119 Å². The normalized spacial score (nSPS) is 11.4. The van der Waals surface area contributed by atoms with Gasteiger partial charge in [-0.15, -0.1) is 11.3 Å². The molecule has 4 aromatic rings. The van der Waals surface area contributed by atoms with Crippen LogP contribution in [0.25, 0.3) is 0 Å². The molecule has 172 valence electrons. The monoisotopic (exact) mass is 573 g/mol. The quantitative estimate of drug-likeness (QED) is 0.0774. The standard InChI is InChI=1S/C26H22BrN3O3S.K/c27-16-17-33-30-23(24(31)32)22-18-34-25(28-22)29-26(19-10-4-1-5-11-19,20-12-6-2-7-13-20)21-14-8-3-9-15-21;/h1-15,18H,16-17H2,(H,28,29)(H,31,32);/q;+1/p-1/b30-23-;. The Morgan fingerprint density at radius 1 is 0.943 bits per heavy atom. The molecule has 0 atom stereocenters. The van der Waals surface area contributed by atoms with Crippen molar-refractivity contribution >= 4 is 44.1 Å². The number of carbonyl (C=O) groups is 1. The largest absolute Gasteiger partial charge is 1.00 e. The summed E-state index contributed by atoms with van der Waals surface area (Å²) in [5, 5.41) is 21.7. The van der Waals surface area contributed by atoms with Crippen molar-refractivity contribution in [3.8, 4) is 0 Å². The van der Waals surface area contributed by atoms with Crippen molar-refractivity contribution in [3.63, 3.8) is 0 Å². The van der Waals surface area contributed by atoms with Crippen LogP contribution in [0.15, 0.2) is 102 Å². The SMILES string of the molecule is O=C([O-])/C(=N\OCCBr)c1csc(NC(c2ccccc2)(c2ccccc2)c2ccccc2)n1.[K+]. The summed E-state index contributed by atoms with van der Waals surface area (Å²) in [6.45, 7) is 0.227. The number of alkyl halides is 1. The van der Waals surface area contributed by atoms with Crippen LogP contribution in [0.5, 0.6) is 0 Å². The summed E-state index contributed by atoms with van der Waals surface area (Å²) in [6.07, 6.45) is 0. The molecule has 3 aromatic carbocycles. The van der Waals surface area contributed by atoms with E-state index < -0.39 is 11.5 Å². The molecule has 0 fully saturated rings. The number of carboxylic acids is 1. The van der Waals surface area contributed by atoms with Crippen LogP contribution in [0.1, 0.15) is 22.4 Å². The van der Waals surface area contributed by atoms with Gasteiger partial charge < -0.3 is 20.1 Å². The van der Waals surface area contributed by atoms with Crippen LogP contribution in [0.3, 0.4) is 0 Å². The van der Waals surface area contributed by atoms with Crippen molar-refractivity contribution in [1.82, 2.24) is 4.98 Å². The molecule has 1 heterocycles. The van der Waals surface area contributed by atoms with Crippen LogP contribution < -0.4 is 61.8 Å². The second-order valence-electron chi connectivity index (χ2n) is 7.26. The summed E-state index contributed by atoms with van der Waals surface area (Å²) in [5.41, 5.74) is 2.08. The molecule has 0 radical (unpaired) electrons. The topological polar surface area (TPSA) is 86.6 Å². The number of nitrogens with one attached hydrogen (secondary N) is 1. The van der Waals surface area contributed by atoms with Gasteiger partial charge >= 0.3 is 51.4 Å². The number of oxime groups is 1. The van der Waals surface area contributed by atoms with Gasteiger partial charge in [0.25, 0.3) is 0 Å². The van der Waals surface area contributed by atoms with Crippen LogP contribution in [0, 0.1) is 0 Å². The first kappa shape index (κ1) is 27.7. The van der Waals surface area contributed by atoms with E-state index in [9.17, 15) is 9.90 Å².